The van der Waals surface area contributed by atoms with Crippen molar-refractivity contribution in [2.75, 3.05) is 31.3 Å². The summed E-state index contributed by atoms with van der Waals surface area (Å²) in [7, 11) is 1.62. The molecular formula is C14H21ClN2O3. The van der Waals surface area contributed by atoms with Crippen molar-refractivity contribution in [1.82, 2.24) is 0 Å². The van der Waals surface area contributed by atoms with Crippen molar-refractivity contribution in [3.63, 3.8) is 0 Å². The number of esters is 1. The Balaban J connectivity index is 3.07. The van der Waals surface area contributed by atoms with Crippen molar-refractivity contribution in [3.8, 4) is 0 Å². The monoisotopic (exact) mass is 300 g/mol. The van der Waals surface area contributed by atoms with Gasteiger partial charge in [-0.3, -0.25) is 0 Å². The Bertz CT molecular complexity index is 490. The fraction of sp³-hybridized carbons (Fsp3) is 0.500. The summed E-state index contributed by atoms with van der Waals surface area (Å²) in [6.07, 6.45) is 0. The number of carbonyl (C=O) groups excluding carboxylic acids is 1. The van der Waals surface area contributed by atoms with E-state index >= 15 is 0 Å². The number of methoxy groups -OCH3 is 1. The Morgan fingerprint density at radius 1 is 1.45 bits per heavy atom. The highest BCUT2D eigenvalue weighted by molar-refractivity contribution is 6.34. The summed E-state index contributed by atoms with van der Waals surface area (Å²) in [5.74, 6) is -0.459. The highest BCUT2D eigenvalue weighted by atomic mass is 35.5. The molecule has 0 aliphatic rings. The van der Waals surface area contributed by atoms with Crippen LogP contribution in [0, 0.1) is 0 Å². The number of anilines is 2. The van der Waals surface area contributed by atoms with E-state index in [0.717, 1.165) is 0 Å². The van der Waals surface area contributed by atoms with E-state index in [1.165, 1.54) is 0 Å². The minimum atomic E-state index is -0.459. The summed E-state index contributed by atoms with van der Waals surface area (Å²) < 4.78 is 10.3. The van der Waals surface area contributed by atoms with Gasteiger partial charge in [-0.2, -0.15) is 0 Å². The first-order chi connectivity index (χ1) is 9.30. The summed E-state index contributed by atoms with van der Waals surface area (Å²) in [5.41, 5.74) is 6.57. The van der Waals surface area contributed by atoms with Crippen molar-refractivity contribution >= 4 is 28.9 Å². The number of nitrogen functional groups attached to an aromatic ring is 1. The van der Waals surface area contributed by atoms with E-state index in [0.29, 0.717) is 28.5 Å². The van der Waals surface area contributed by atoms with Crippen molar-refractivity contribution < 1.29 is 14.3 Å². The van der Waals surface area contributed by atoms with Crippen LogP contribution < -0.4 is 11.1 Å². The van der Waals surface area contributed by atoms with Crippen LogP contribution in [-0.2, 0) is 9.47 Å². The first kappa shape index (κ1) is 16.6. The minimum Gasteiger partial charge on any atom is -0.462 e. The largest absolute Gasteiger partial charge is 0.462 e. The molecule has 5 nitrogen and oxygen atoms in total. The molecule has 0 bridgehead atoms. The van der Waals surface area contributed by atoms with Crippen LogP contribution in [0.3, 0.4) is 0 Å². The number of halogens is 1. The van der Waals surface area contributed by atoms with Crippen LogP contribution in [0.25, 0.3) is 0 Å². The van der Waals surface area contributed by atoms with Gasteiger partial charge in [0.1, 0.15) is 0 Å². The molecule has 0 radical (unpaired) electrons. The second-order valence-electron chi connectivity index (χ2n) is 4.96. The molecule has 0 heterocycles. The molecule has 20 heavy (non-hydrogen) atoms. The summed E-state index contributed by atoms with van der Waals surface area (Å²) in [6.45, 7) is 6.37. The molecule has 0 saturated carbocycles. The minimum absolute atomic E-state index is 0.286. The third-order valence-corrected chi connectivity index (χ3v) is 3.15. The number of ether oxygens (including phenoxy) is 2. The lowest BCUT2D eigenvalue weighted by Gasteiger charge is -2.25. The normalized spacial score (nSPS) is 11.2. The van der Waals surface area contributed by atoms with Crippen LogP contribution in [0.4, 0.5) is 11.4 Å². The zero-order valence-electron chi connectivity index (χ0n) is 12.2. The first-order valence-corrected chi connectivity index (χ1v) is 6.73. The van der Waals surface area contributed by atoms with Crippen LogP contribution in [0.2, 0.25) is 5.02 Å². The van der Waals surface area contributed by atoms with E-state index in [1.807, 2.05) is 13.8 Å². The van der Waals surface area contributed by atoms with Gasteiger partial charge in [-0.05, 0) is 32.9 Å². The van der Waals surface area contributed by atoms with E-state index in [9.17, 15) is 4.79 Å². The number of rotatable bonds is 6. The van der Waals surface area contributed by atoms with Crippen LogP contribution in [0.1, 0.15) is 31.1 Å². The van der Waals surface area contributed by atoms with Crippen LogP contribution in [0.5, 0.6) is 0 Å². The van der Waals surface area contributed by atoms with Crippen molar-refractivity contribution in [1.29, 1.82) is 0 Å². The average Bonchev–Trinajstić information content (AvgIpc) is 2.37. The van der Waals surface area contributed by atoms with E-state index in [-0.39, 0.29) is 6.61 Å². The molecule has 0 atom stereocenters. The van der Waals surface area contributed by atoms with Gasteiger partial charge < -0.3 is 20.5 Å². The predicted octanol–water partition coefficient (Wildman–Crippen LogP) is 2.94. The van der Waals surface area contributed by atoms with E-state index in [2.05, 4.69) is 5.32 Å². The molecule has 0 amide bonds. The molecule has 0 aromatic heterocycles. The third kappa shape index (κ3) is 4.28. The van der Waals surface area contributed by atoms with Gasteiger partial charge in [0.15, 0.2) is 0 Å². The van der Waals surface area contributed by atoms with Gasteiger partial charge in [-0.15, -0.1) is 0 Å². The Morgan fingerprint density at radius 3 is 2.65 bits per heavy atom. The average molecular weight is 301 g/mol. The topological polar surface area (TPSA) is 73.6 Å². The molecular weight excluding hydrogens is 280 g/mol. The highest BCUT2D eigenvalue weighted by Crippen LogP contribution is 2.30. The van der Waals surface area contributed by atoms with Gasteiger partial charge in [-0.1, -0.05) is 11.6 Å². The maximum atomic E-state index is 12.0. The lowest BCUT2D eigenvalue weighted by Crippen LogP contribution is -2.32. The summed E-state index contributed by atoms with van der Waals surface area (Å²) in [4.78, 5) is 12.0. The fourth-order valence-corrected chi connectivity index (χ4v) is 1.85. The van der Waals surface area contributed by atoms with Crippen LogP contribution in [0.15, 0.2) is 12.1 Å². The van der Waals surface area contributed by atoms with Crippen molar-refractivity contribution in [2.24, 2.45) is 0 Å². The molecule has 0 unspecified atom stereocenters. The van der Waals surface area contributed by atoms with E-state index in [4.69, 9.17) is 26.8 Å². The quantitative estimate of drug-likeness (QED) is 0.624. The molecule has 3 N–H and O–H groups in total. The fourth-order valence-electron chi connectivity index (χ4n) is 1.55. The SMILES string of the molecule is CCOC(=O)c1cc(N)cc(Cl)c1NCC(C)(C)OC. The number of hydrogen-bond donors (Lipinski definition) is 2. The predicted molar refractivity (Wildman–Crippen MR) is 81.4 cm³/mol. The maximum Gasteiger partial charge on any atom is 0.340 e. The molecule has 0 saturated heterocycles. The number of nitrogens with two attached hydrogens (primary N) is 1. The van der Waals surface area contributed by atoms with Gasteiger partial charge in [0.25, 0.3) is 0 Å². The Labute approximate surface area is 124 Å². The molecule has 1 aromatic carbocycles. The zero-order valence-corrected chi connectivity index (χ0v) is 13.0. The molecule has 0 aliphatic heterocycles. The Hall–Kier alpha value is -1.46. The van der Waals surface area contributed by atoms with E-state index < -0.39 is 11.6 Å². The van der Waals surface area contributed by atoms with Gasteiger partial charge in [-0.25, -0.2) is 4.79 Å². The van der Waals surface area contributed by atoms with Crippen molar-refractivity contribution in [3.05, 3.63) is 22.7 Å². The second-order valence-corrected chi connectivity index (χ2v) is 5.37. The molecule has 1 rings (SSSR count). The zero-order chi connectivity index (χ0) is 15.3. The molecule has 112 valence electrons. The van der Waals surface area contributed by atoms with Gasteiger partial charge in [0, 0.05) is 19.3 Å². The Kier molecular flexibility index (Phi) is 5.65. The lowest BCUT2D eigenvalue weighted by atomic mass is 10.1. The lowest BCUT2D eigenvalue weighted by molar-refractivity contribution is 0.0342. The number of benzene rings is 1. The summed E-state index contributed by atoms with van der Waals surface area (Å²) >= 11 is 6.16. The van der Waals surface area contributed by atoms with Crippen molar-refractivity contribution in [2.45, 2.75) is 26.4 Å². The second kappa shape index (κ2) is 6.81. The van der Waals surface area contributed by atoms with Gasteiger partial charge in [0.05, 0.1) is 28.5 Å². The number of nitrogens with one attached hydrogen (secondary N) is 1. The molecule has 0 fully saturated rings. The van der Waals surface area contributed by atoms with Crippen LogP contribution >= 0.6 is 11.6 Å². The summed E-state index contributed by atoms with van der Waals surface area (Å²) in [6, 6.07) is 3.14. The van der Waals surface area contributed by atoms with Crippen LogP contribution in [-0.4, -0.2) is 31.8 Å². The molecule has 0 spiro atoms. The molecule has 1 aromatic rings. The maximum absolute atomic E-state index is 12.0. The number of hydrogen-bond acceptors (Lipinski definition) is 5. The Morgan fingerprint density at radius 2 is 2.10 bits per heavy atom. The third-order valence-electron chi connectivity index (χ3n) is 2.85. The summed E-state index contributed by atoms with van der Waals surface area (Å²) in [5, 5.41) is 3.50. The number of carbonyl (C=O) groups is 1. The first-order valence-electron chi connectivity index (χ1n) is 6.36. The smallest absolute Gasteiger partial charge is 0.340 e. The highest BCUT2D eigenvalue weighted by Gasteiger charge is 2.21. The molecule has 6 heteroatoms. The van der Waals surface area contributed by atoms with Gasteiger partial charge in [0.2, 0.25) is 0 Å². The van der Waals surface area contributed by atoms with Gasteiger partial charge >= 0.3 is 5.97 Å². The standard InChI is InChI=1S/C14H21ClN2O3/c1-5-20-13(18)10-6-9(16)7-11(15)12(10)17-8-14(2,3)19-4/h6-7,17H,5,8,16H2,1-4H3. The molecule has 0 aliphatic carbocycles. The van der Waals surface area contributed by atoms with E-state index in [1.54, 1.807) is 26.2 Å².